The minimum Gasteiger partial charge on any atom is -0.389 e. The Labute approximate surface area is 102 Å². The maximum Gasteiger partial charge on any atom is 0.0991 e. The highest BCUT2D eigenvalue weighted by Crippen LogP contribution is 2.04. The second kappa shape index (κ2) is 7.37. The Morgan fingerprint density at radius 2 is 2.35 bits per heavy atom. The molecule has 0 aliphatic heterocycles. The molecule has 3 N–H and O–H groups in total. The van der Waals surface area contributed by atoms with Crippen molar-refractivity contribution in [1.29, 1.82) is 0 Å². The molecule has 0 aliphatic rings. The molecule has 17 heavy (non-hydrogen) atoms. The van der Waals surface area contributed by atoms with Gasteiger partial charge in [0.25, 0.3) is 0 Å². The van der Waals surface area contributed by atoms with E-state index in [0.29, 0.717) is 19.8 Å². The SMILES string of the molecule is CCCCOCC(O)Cn1cc(C(C)N)nn1. The van der Waals surface area contributed by atoms with Crippen LogP contribution in [-0.4, -0.2) is 39.4 Å². The number of hydrogen-bond acceptors (Lipinski definition) is 5. The maximum atomic E-state index is 9.70. The molecule has 0 saturated heterocycles. The van der Waals surface area contributed by atoms with Crippen LogP contribution in [-0.2, 0) is 11.3 Å². The molecule has 0 amide bonds. The summed E-state index contributed by atoms with van der Waals surface area (Å²) in [5.41, 5.74) is 6.39. The van der Waals surface area contributed by atoms with Gasteiger partial charge in [0.1, 0.15) is 0 Å². The van der Waals surface area contributed by atoms with E-state index in [-0.39, 0.29) is 6.04 Å². The molecule has 2 atom stereocenters. The predicted octanol–water partition coefficient (Wildman–Crippen LogP) is 0.475. The van der Waals surface area contributed by atoms with Gasteiger partial charge in [-0.2, -0.15) is 0 Å². The van der Waals surface area contributed by atoms with Gasteiger partial charge in [-0.3, -0.25) is 0 Å². The molecule has 0 bridgehead atoms. The molecular formula is C11H22N4O2. The zero-order valence-electron chi connectivity index (χ0n) is 10.5. The smallest absolute Gasteiger partial charge is 0.0991 e. The molecule has 98 valence electrons. The first-order chi connectivity index (χ1) is 8.13. The Morgan fingerprint density at radius 1 is 1.59 bits per heavy atom. The fourth-order valence-corrected chi connectivity index (χ4v) is 1.35. The van der Waals surface area contributed by atoms with Gasteiger partial charge in [-0.15, -0.1) is 5.10 Å². The number of nitrogens with zero attached hydrogens (tertiary/aromatic N) is 3. The molecule has 0 aromatic carbocycles. The van der Waals surface area contributed by atoms with Gasteiger partial charge in [0, 0.05) is 12.6 Å². The van der Waals surface area contributed by atoms with Crippen LogP contribution in [0.5, 0.6) is 0 Å². The first-order valence-electron chi connectivity index (χ1n) is 6.05. The normalized spacial score (nSPS) is 14.8. The summed E-state index contributed by atoms with van der Waals surface area (Å²) in [6.07, 6.45) is 3.30. The maximum absolute atomic E-state index is 9.70. The average Bonchev–Trinajstić information content (AvgIpc) is 2.73. The lowest BCUT2D eigenvalue weighted by Gasteiger charge is -2.10. The molecule has 1 rings (SSSR count). The van der Waals surface area contributed by atoms with Crippen LogP contribution in [0.25, 0.3) is 0 Å². The summed E-state index contributed by atoms with van der Waals surface area (Å²) in [5.74, 6) is 0. The Balaban J connectivity index is 2.27. The molecule has 1 heterocycles. The summed E-state index contributed by atoms with van der Waals surface area (Å²) < 4.78 is 6.92. The topological polar surface area (TPSA) is 86.2 Å². The molecule has 6 heteroatoms. The van der Waals surface area contributed by atoms with Crippen molar-refractivity contribution in [2.24, 2.45) is 5.73 Å². The van der Waals surface area contributed by atoms with E-state index in [0.717, 1.165) is 18.5 Å². The number of aliphatic hydroxyl groups is 1. The van der Waals surface area contributed by atoms with Crippen LogP contribution in [0.15, 0.2) is 6.20 Å². The molecule has 1 aromatic rings. The van der Waals surface area contributed by atoms with Crippen molar-refractivity contribution < 1.29 is 9.84 Å². The number of aliphatic hydroxyl groups excluding tert-OH is 1. The lowest BCUT2D eigenvalue weighted by molar-refractivity contribution is 0.0251. The minimum atomic E-state index is -0.561. The van der Waals surface area contributed by atoms with Gasteiger partial charge >= 0.3 is 0 Å². The van der Waals surface area contributed by atoms with Crippen LogP contribution in [0.2, 0.25) is 0 Å². The fraction of sp³-hybridized carbons (Fsp3) is 0.818. The van der Waals surface area contributed by atoms with E-state index in [4.69, 9.17) is 10.5 Å². The standard InChI is InChI=1S/C11H22N4O2/c1-3-4-5-17-8-10(16)6-15-7-11(9(2)12)13-14-15/h7,9-10,16H,3-6,8,12H2,1-2H3. The van der Waals surface area contributed by atoms with Crippen LogP contribution >= 0.6 is 0 Å². The molecule has 0 spiro atoms. The molecule has 0 radical (unpaired) electrons. The third kappa shape index (κ3) is 5.25. The number of rotatable bonds is 8. The molecule has 0 saturated carbocycles. The second-order valence-electron chi connectivity index (χ2n) is 4.24. The van der Waals surface area contributed by atoms with Crippen LogP contribution in [0.1, 0.15) is 38.4 Å². The van der Waals surface area contributed by atoms with E-state index in [1.54, 1.807) is 10.9 Å². The van der Waals surface area contributed by atoms with Crippen molar-refractivity contribution >= 4 is 0 Å². The van der Waals surface area contributed by atoms with Crippen LogP contribution in [0.4, 0.5) is 0 Å². The van der Waals surface area contributed by atoms with Crippen molar-refractivity contribution in [3.63, 3.8) is 0 Å². The van der Waals surface area contributed by atoms with Crippen molar-refractivity contribution in [1.82, 2.24) is 15.0 Å². The van der Waals surface area contributed by atoms with E-state index in [2.05, 4.69) is 17.2 Å². The van der Waals surface area contributed by atoms with Crippen molar-refractivity contribution in [2.75, 3.05) is 13.2 Å². The highest BCUT2D eigenvalue weighted by atomic mass is 16.5. The molecule has 0 aliphatic carbocycles. The highest BCUT2D eigenvalue weighted by Gasteiger charge is 2.09. The molecule has 2 unspecified atom stereocenters. The lowest BCUT2D eigenvalue weighted by Crippen LogP contribution is -2.22. The van der Waals surface area contributed by atoms with Crippen molar-refractivity contribution in [3.05, 3.63) is 11.9 Å². The summed E-state index contributed by atoms with van der Waals surface area (Å²) in [6.45, 7) is 5.35. The average molecular weight is 242 g/mol. The Hall–Kier alpha value is -0.980. The van der Waals surface area contributed by atoms with Crippen LogP contribution in [0, 0.1) is 0 Å². The van der Waals surface area contributed by atoms with E-state index in [9.17, 15) is 5.11 Å². The quantitative estimate of drug-likeness (QED) is 0.647. The van der Waals surface area contributed by atoms with Crippen LogP contribution < -0.4 is 5.73 Å². The third-order valence-electron chi connectivity index (χ3n) is 2.37. The van der Waals surface area contributed by atoms with Gasteiger partial charge in [-0.25, -0.2) is 4.68 Å². The number of aromatic nitrogens is 3. The van der Waals surface area contributed by atoms with Gasteiger partial charge in [-0.05, 0) is 13.3 Å². The van der Waals surface area contributed by atoms with E-state index in [1.807, 2.05) is 6.92 Å². The second-order valence-corrected chi connectivity index (χ2v) is 4.24. The molecule has 1 aromatic heterocycles. The largest absolute Gasteiger partial charge is 0.389 e. The summed E-state index contributed by atoms with van der Waals surface area (Å²) in [5, 5.41) is 17.5. The highest BCUT2D eigenvalue weighted by molar-refractivity contribution is 4.97. The summed E-state index contributed by atoms with van der Waals surface area (Å²) in [4.78, 5) is 0. The third-order valence-corrected chi connectivity index (χ3v) is 2.37. The molecule has 0 fully saturated rings. The van der Waals surface area contributed by atoms with Gasteiger partial charge < -0.3 is 15.6 Å². The summed E-state index contributed by atoms with van der Waals surface area (Å²) in [6, 6.07) is -0.137. The van der Waals surface area contributed by atoms with Gasteiger partial charge in [0.2, 0.25) is 0 Å². The van der Waals surface area contributed by atoms with Gasteiger partial charge in [-0.1, -0.05) is 18.6 Å². The van der Waals surface area contributed by atoms with E-state index in [1.165, 1.54) is 0 Å². The Kier molecular flexibility index (Phi) is 6.10. The zero-order chi connectivity index (χ0) is 12.7. The zero-order valence-corrected chi connectivity index (χ0v) is 10.5. The molecule has 6 nitrogen and oxygen atoms in total. The number of hydrogen-bond donors (Lipinski definition) is 2. The number of nitrogens with two attached hydrogens (primary N) is 1. The fourth-order valence-electron chi connectivity index (χ4n) is 1.35. The predicted molar refractivity (Wildman–Crippen MR) is 64.4 cm³/mol. The first kappa shape index (κ1) is 14.1. The van der Waals surface area contributed by atoms with Crippen molar-refractivity contribution in [3.8, 4) is 0 Å². The Bertz CT molecular complexity index is 314. The monoisotopic (exact) mass is 242 g/mol. The van der Waals surface area contributed by atoms with Crippen molar-refractivity contribution in [2.45, 2.75) is 45.4 Å². The lowest BCUT2D eigenvalue weighted by atomic mass is 10.3. The van der Waals surface area contributed by atoms with Gasteiger partial charge in [0.05, 0.1) is 31.1 Å². The summed E-state index contributed by atoms with van der Waals surface area (Å²) >= 11 is 0. The summed E-state index contributed by atoms with van der Waals surface area (Å²) in [7, 11) is 0. The Morgan fingerprint density at radius 3 is 2.94 bits per heavy atom. The van der Waals surface area contributed by atoms with Crippen LogP contribution in [0.3, 0.4) is 0 Å². The van der Waals surface area contributed by atoms with E-state index >= 15 is 0 Å². The number of unbranched alkanes of at least 4 members (excludes halogenated alkanes) is 1. The van der Waals surface area contributed by atoms with E-state index < -0.39 is 6.10 Å². The molecular weight excluding hydrogens is 220 g/mol. The number of ether oxygens (including phenoxy) is 1. The van der Waals surface area contributed by atoms with Gasteiger partial charge in [0.15, 0.2) is 0 Å². The first-order valence-corrected chi connectivity index (χ1v) is 6.05. The minimum absolute atomic E-state index is 0.137.